The fraction of sp³-hybridized carbons (Fsp3) is 0.111. The molecule has 66 valence electrons. The molecule has 1 heterocycles. The summed E-state index contributed by atoms with van der Waals surface area (Å²) >= 11 is 4.68. The van der Waals surface area contributed by atoms with Crippen molar-refractivity contribution in [2.75, 3.05) is 0 Å². The van der Waals surface area contributed by atoms with E-state index in [-0.39, 0.29) is 0 Å². The molecule has 13 heavy (non-hydrogen) atoms. The van der Waals surface area contributed by atoms with Crippen molar-refractivity contribution in [2.45, 2.75) is 6.29 Å². The van der Waals surface area contributed by atoms with Gasteiger partial charge in [-0.15, -0.1) is 0 Å². The Labute approximate surface area is 80.3 Å². The highest BCUT2D eigenvalue weighted by Crippen LogP contribution is 2.36. The van der Waals surface area contributed by atoms with E-state index in [1.54, 1.807) is 18.2 Å². The number of para-hydroxylation sites is 1. The highest BCUT2D eigenvalue weighted by molar-refractivity contribution is 7.79. The molecule has 0 saturated carbocycles. The van der Waals surface area contributed by atoms with Crippen LogP contribution in [0, 0.1) is 0 Å². The highest BCUT2D eigenvalue weighted by atomic mass is 32.1. The lowest BCUT2D eigenvalue weighted by Crippen LogP contribution is -2.18. The van der Waals surface area contributed by atoms with Crippen molar-refractivity contribution in [2.24, 2.45) is 0 Å². The third-order valence-electron chi connectivity index (χ3n) is 1.72. The van der Waals surface area contributed by atoms with Crippen LogP contribution in [0.25, 0.3) is 0 Å². The summed E-state index contributed by atoms with van der Waals surface area (Å²) in [5, 5.41) is 1.37. The lowest BCUT2D eigenvalue weighted by molar-refractivity contribution is 0.110. The second kappa shape index (κ2) is 3.14. The van der Waals surface area contributed by atoms with E-state index in [1.165, 1.54) is 5.37 Å². The molecule has 0 aromatic heterocycles. The molecule has 1 unspecified atom stereocenters. The van der Waals surface area contributed by atoms with E-state index in [0.717, 1.165) is 6.29 Å². The fourth-order valence-electron chi connectivity index (χ4n) is 1.17. The molecular weight excluding hydrogens is 188 g/mol. The van der Waals surface area contributed by atoms with Gasteiger partial charge in [0.15, 0.2) is 17.8 Å². The number of ether oxygens (including phenoxy) is 2. The third kappa shape index (κ3) is 1.29. The van der Waals surface area contributed by atoms with Gasteiger partial charge in [0.1, 0.15) is 0 Å². The van der Waals surface area contributed by atoms with Crippen molar-refractivity contribution < 1.29 is 14.3 Å². The van der Waals surface area contributed by atoms with Gasteiger partial charge in [-0.05, 0) is 12.1 Å². The summed E-state index contributed by atoms with van der Waals surface area (Å²) in [4.78, 5) is 10.6. The van der Waals surface area contributed by atoms with Crippen molar-refractivity contribution in [3.8, 4) is 11.5 Å². The molecule has 0 bridgehead atoms. The van der Waals surface area contributed by atoms with Gasteiger partial charge in [-0.25, -0.2) is 0 Å². The number of hydrogen-bond donors (Lipinski definition) is 0. The molecule has 0 saturated heterocycles. The van der Waals surface area contributed by atoms with Crippen molar-refractivity contribution in [3.63, 3.8) is 0 Å². The molecule has 2 rings (SSSR count). The molecule has 1 atom stereocenters. The van der Waals surface area contributed by atoms with Crippen LogP contribution in [0.15, 0.2) is 18.2 Å². The molecule has 4 heteroatoms. The van der Waals surface area contributed by atoms with E-state index < -0.39 is 6.29 Å². The zero-order valence-electron chi connectivity index (χ0n) is 6.60. The number of hydrogen-bond acceptors (Lipinski definition) is 4. The molecule has 1 aliphatic heterocycles. The van der Waals surface area contributed by atoms with Crippen LogP contribution >= 0.6 is 12.2 Å². The van der Waals surface area contributed by atoms with Crippen molar-refractivity contribution in [3.05, 3.63) is 23.8 Å². The zero-order chi connectivity index (χ0) is 9.26. The maximum atomic E-state index is 10.6. The Morgan fingerprint density at radius 1 is 1.38 bits per heavy atom. The SMILES string of the molecule is O=Cc1cccc2c1OC(C=S)O2. The number of thiocarbonyl (C=S) groups is 1. The largest absolute Gasteiger partial charge is 0.446 e. The number of rotatable bonds is 2. The summed E-state index contributed by atoms with van der Waals surface area (Å²) in [6, 6.07) is 5.14. The van der Waals surface area contributed by atoms with Gasteiger partial charge >= 0.3 is 0 Å². The summed E-state index contributed by atoms with van der Waals surface area (Å²) in [5.74, 6) is 1.04. The Balaban J connectivity index is 2.44. The average molecular weight is 194 g/mol. The monoisotopic (exact) mass is 194 g/mol. The van der Waals surface area contributed by atoms with Gasteiger partial charge in [-0.3, -0.25) is 4.79 Å². The fourth-order valence-corrected chi connectivity index (χ4v) is 1.28. The van der Waals surface area contributed by atoms with E-state index in [9.17, 15) is 4.79 Å². The summed E-state index contributed by atoms with van der Waals surface area (Å²) in [6.07, 6.45) is 0.180. The Kier molecular flexibility index (Phi) is 1.98. The number of benzene rings is 1. The van der Waals surface area contributed by atoms with Gasteiger partial charge in [0.2, 0.25) is 0 Å². The van der Waals surface area contributed by atoms with Crippen molar-refractivity contribution in [1.29, 1.82) is 0 Å². The molecule has 0 radical (unpaired) electrons. The van der Waals surface area contributed by atoms with Crippen LogP contribution in [0.3, 0.4) is 0 Å². The van der Waals surface area contributed by atoms with Crippen LogP contribution in [0.1, 0.15) is 10.4 Å². The summed E-state index contributed by atoms with van der Waals surface area (Å²) < 4.78 is 10.5. The second-order valence-electron chi connectivity index (χ2n) is 2.53. The first-order chi connectivity index (χ1) is 6.35. The maximum Gasteiger partial charge on any atom is 0.271 e. The summed E-state index contributed by atoms with van der Waals surface area (Å²) in [5.41, 5.74) is 0.483. The quantitative estimate of drug-likeness (QED) is 0.529. The van der Waals surface area contributed by atoms with E-state index in [1.807, 2.05) is 0 Å². The predicted molar refractivity (Wildman–Crippen MR) is 50.5 cm³/mol. The molecule has 0 aliphatic carbocycles. The molecule has 1 aromatic rings. The Morgan fingerprint density at radius 3 is 2.92 bits per heavy atom. The number of carbonyl (C=O) groups excluding carboxylic acids is 1. The number of aldehydes is 1. The second-order valence-corrected chi connectivity index (χ2v) is 2.80. The van der Waals surface area contributed by atoms with Gasteiger partial charge in [0, 0.05) is 0 Å². The third-order valence-corrected chi connectivity index (χ3v) is 1.95. The molecule has 1 aromatic carbocycles. The minimum absolute atomic E-state index is 0.476. The first-order valence-corrected chi connectivity index (χ1v) is 4.19. The summed E-state index contributed by atoms with van der Waals surface area (Å²) in [6.45, 7) is 0. The normalized spacial score (nSPS) is 18.3. The molecule has 3 nitrogen and oxygen atoms in total. The maximum absolute atomic E-state index is 10.6. The van der Waals surface area contributed by atoms with Crippen molar-refractivity contribution >= 4 is 23.9 Å². The molecular formula is C9H6O3S. The van der Waals surface area contributed by atoms with Gasteiger partial charge in [0.25, 0.3) is 6.29 Å². The van der Waals surface area contributed by atoms with Gasteiger partial charge in [0.05, 0.1) is 10.9 Å². The Bertz CT molecular complexity index is 362. The van der Waals surface area contributed by atoms with E-state index in [0.29, 0.717) is 17.1 Å². The van der Waals surface area contributed by atoms with Crippen LogP contribution < -0.4 is 9.47 Å². The smallest absolute Gasteiger partial charge is 0.271 e. The molecule has 0 spiro atoms. The van der Waals surface area contributed by atoms with Crippen LogP contribution in [-0.4, -0.2) is 17.9 Å². The lowest BCUT2D eigenvalue weighted by Gasteiger charge is -2.01. The number of carbonyl (C=O) groups is 1. The van der Waals surface area contributed by atoms with Crippen molar-refractivity contribution in [1.82, 2.24) is 0 Å². The zero-order valence-corrected chi connectivity index (χ0v) is 7.41. The van der Waals surface area contributed by atoms with Crippen LogP contribution in [0.2, 0.25) is 0 Å². The van der Waals surface area contributed by atoms with Gasteiger partial charge in [-0.2, -0.15) is 0 Å². The van der Waals surface area contributed by atoms with Crippen LogP contribution in [-0.2, 0) is 0 Å². The highest BCUT2D eigenvalue weighted by Gasteiger charge is 2.24. The Hall–Kier alpha value is -1.42. The van der Waals surface area contributed by atoms with Gasteiger partial charge in [-0.1, -0.05) is 18.3 Å². The standard InChI is InChI=1S/C9H6O3S/c10-4-6-2-1-3-7-9(6)12-8(5-13)11-7/h1-5,8H. The van der Waals surface area contributed by atoms with E-state index in [2.05, 4.69) is 12.2 Å². The minimum Gasteiger partial charge on any atom is -0.446 e. The minimum atomic E-state index is -0.550. The van der Waals surface area contributed by atoms with E-state index in [4.69, 9.17) is 9.47 Å². The molecule has 1 aliphatic rings. The Morgan fingerprint density at radius 2 is 2.23 bits per heavy atom. The van der Waals surface area contributed by atoms with Crippen LogP contribution in [0.5, 0.6) is 11.5 Å². The molecule has 0 amide bonds. The van der Waals surface area contributed by atoms with Gasteiger partial charge < -0.3 is 9.47 Å². The molecule has 0 fully saturated rings. The molecule has 0 N–H and O–H groups in total. The first-order valence-electron chi connectivity index (χ1n) is 3.72. The van der Waals surface area contributed by atoms with E-state index >= 15 is 0 Å². The average Bonchev–Trinajstić information content (AvgIpc) is 2.59. The van der Waals surface area contributed by atoms with Crippen LogP contribution in [0.4, 0.5) is 0 Å². The first kappa shape index (κ1) is 8.19. The summed E-state index contributed by atoms with van der Waals surface area (Å²) in [7, 11) is 0. The lowest BCUT2D eigenvalue weighted by atomic mass is 10.2. The number of fused-ring (bicyclic) bond motifs is 1. The topological polar surface area (TPSA) is 35.5 Å². The predicted octanol–water partition coefficient (Wildman–Crippen LogP) is 1.60.